The molecule has 0 saturated heterocycles. The number of carboxylic acid groups (broad SMARTS) is 1. The second-order valence-electron chi connectivity index (χ2n) is 9.76. The monoisotopic (exact) mass is 542 g/mol. The molecular weight excluding hydrogens is 506 g/mol. The van der Waals surface area contributed by atoms with E-state index in [1.165, 1.54) is 5.56 Å². The van der Waals surface area contributed by atoms with E-state index >= 15 is 0 Å². The molecule has 210 valence electrons. The minimum atomic E-state index is -0.949. The molecule has 3 aromatic rings. The summed E-state index contributed by atoms with van der Waals surface area (Å²) in [6.07, 6.45) is 6.80. The molecule has 39 heavy (non-hydrogen) atoms. The molecule has 1 aromatic carbocycles. The van der Waals surface area contributed by atoms with E-state index < -0.39 is 23.6 Å². The third-order valence-corrected chi connectivity index (χ3v) is 6.80. The molecular formula is C28H36F2N6O3. The fraction of sp³-hybridized carbons (Fsp3) is 0.464. The Bertz CT molecular complexity index is 1220. The molecule has 0 amide bonds. The molecule has 4 rings (SSSR count). The summed E-state index contributed by atoms with van der Waals surface area (Å²) in [7, 11) is 1.74. The molecule has 2 aromatic heterocycles. The van der Waals surface area contributed by atoms with Gasteiger partial charge in [-0.3, -0.25) is 9.58 Å². The number of rotatable bonds is 15. The minimum Gasteiger partial charge on any atom is -0.492 e. The number of carbonyl (C=O) groups is 1. The van der Waals surface area contributed by atoms with E-state index in [1.54, 1.807) is 24.0 Å². The van der Waals surface area contributed by atoms with Crippen molar-refractivity contribution < 1.29 is 23.4 Å². The van der Waals surface area contributed by atoms with Crippen molar-refractivity contribution in [2.75, 3.05) is 43.4 Å². The third kappa shape index (κ3) is 8.64. The van der Waals surface area contributed by atoms with Crippen LogP contribution in [-0.4, -0.2) is 69.6 Å². The first-order chi connectivity index (χ1) is 18.9. The number of fused-ring (bicyclic) bond motifs is 1. The summed E-state index contributed by atoms with van der Waals surface area (Å²) in [5.41, 5.74) is 2.32. The zero-order valence-corrected chi connectivity index (χ0v) is 22.2. The first kappa shape index (κ1) is 28.3. The topological polar surface area (TPSA) is 105 Å². The highest BCUT2D eigenvalue weighted by molar-refractivity contribution is 5.76. The van der Waals surface area contributed by atoms with Gasteiger partial charge in [-0.05, 0) is 56.7 Å². The van der Waals surface area contributed by atoms with Crippen molar-refractivity contribution in [2.45, 2.75) is 44.6 Å². The average molecular weight is 543 g/mol. The van der Waals surface area contributed by atoms with E-state index in [0.717, 1.165) is 74.9 Å². The maximum absolute atomic E-state index is 13.5. The van der Waals surface area contributed by atoms with Crippen molar-refractivity contribution in [3.63, 3.8) is 0 Å². The number of pyridine rings is 1. The summed E-state index contributed by atoms with van der Waals surface area (Å²) in [4.78, 5) is 18.8. The first-order valence-corrected chi connectivity index (χ1v) is 13.4. The van der Waals surface area contributed by atoms with Crippen LogP contribution in [0.2, 0.25) is 0 Å². The largest absolute Gasteiger partial charge is 0.492 e. The van der Waals surface area contributed by atoms with Gasteiger partial charge in [-0.2, -0.15) is 5.10 Å². The molecule has 0 fully saturated rings. The van der Waals surface area contributed by atoms with Gasteiger partial charge >= 0.3 is 5.97 Å². The smallest absolute Gasteiger partial charge is 0.326 e. The van der Waals surface area contributed by atoms with Gasteiger partial charge in [0, 0.05) is 56.6 Å². The number of benzene rings is 1. The van der Waals surface area contributed by atoms with Gasteiger partial charge in [0.05, 0.1) is 6.20 Å². The van der Waals surface area contributed by atoms with E-state index in [4.69, 9.17) is 9.72 Å². The summed E-state index contributed by atoms with van der Waals surface area (Å²) >= 11 is 0. The average Bonchev–Trinajstić information content (AvgIpc) is 3.31. The van der Waals surface area contributed by atoms with Crippen molar-refractivity contribution in [1.82, 2.24) is 19.7 Å². The highest BCUT2D eigenvalue weighted by Crippen LogP contribution is 2.20. The van der Waals surface area contributed by atoms with Crippen molar-refractivity contribution >= 4 is 17.6 Å². The van der Waals surface area contributed by atoms with Gasteiger partial charge in [-0.1, -0.05) is 6.07 Å². The Balaban J connectivity index is 1.31. The van der Waals surface area contributed by atoms with Crippen LogP contribution in [0.15, 0.2) is 42.6 Å². The van der Waals surface area contributed by atoms with Gasteiger partial charge in [0.2, 0.25) is 0 Å². The minimum absolute atomic E-state index is 0.126. The molecule has 1 aliphatic rings. The number of nitrogens with one attached hydrogen (secondary N) is 2. The standard InChI is InChI=1S/C28H36F2N6O3/c1-35-26(9-12-32-35)34-25(28(37)38)10-14-36(15-16-39-24-18-21(29)17-22(30)19-24)13-3-2-6-23-8-7-20-5-4-11-31-27(20)33-23/h7-9,12,17-19,25,34H,2-6,10-11,13-16H2,1H3,(H,31,33)(H,37,38). The first-order valence-electron chi connectivity index (χ1n) is 13.4. The van der Waals surface area contributed by atoms with Crippen LogP contribution in [0.3, 0.4) is 0 Å². The number of hydrogen-bond donors (Lipinski definition) is 3. The predicted octanol–water partition coefficient (Wildman–Crippen LogP) is 4.11. The molecule has 1 unspecified atom stereocenters. The van der Waals surface area contributed by atoms with E-state index in [0.29, 0.717) is 25.3 Å². The molecule has 3 N–H and O–H groups in total. The lowest BCUT2D eigenvalue weighted by molar-refractivity contribution is -0.138. The molecule has 11 heteroatoms. The van der Waals surface area contributed by atoms with E-state index in [2.05, 4.69) is 32.8 Å². The van der Waals surface area contributed by atoms with Crippen molar-refractivity contribution in [2.24, 2.45) is 7.05 Å². The molecule has 3 heterocycles. The number of aromatic nitrogens is 3. The maximum atomic E-state index is 13.5. The van der Waals surface area contributed by atoms with Crippen LogP contribution < -0.4 is 15.4 Å². The zero-order valence-electron chi connectivity index (χ0n) is 22.2. The normalized spacial score (nSPS) is 13.5. The summed E-state index contributed by atoms with van der Waals surface area (Å²) in [6.45, 7) is 2.88. The summed E-state index contributed by atoms with van der Waals surface area (Å²) in [6, 6.07) is 8.27. The van der Waals surface area contributed by atoms with Crippen LogP contribution in [0.4, 0.5) is 20.4 Å². The van der Waals surface area contributed by atoms with Gasteiger partial charge < -0.3 is 20.5 Å². The van der Waals surface area contributed by atoms with E-state index in [9.17, 15) is 18.7 Å². The van der Waals surface area contributed by atoms with Crippen molar-refractivity contribution in [3.8, 4) is 5.75 Å². The number of aryl methyl sites for hydroxylation is 3. The maximum Gasteiger partial charge on any atom is 0.326 e. The number of hydrogen-bond acceptors (Lipinski definition) is 7. The molecule has 9 nitrogen and oxygen atoms in total. The van der Waals surface area contributed by atoms with Gasteiger partial charge in [-0.25, -0.2) is 18.6 Å². The Hall–Kier alpha value is -3.73. The number of ether oxygens (including phenoxy) is 1. The van der Waals surface area contributed by atoms with Crippen LogP contribution in [0.25, 0.3) is 0 Å². The number of unbranched alkanes of at least 4 members (excludes halogenated alkanes) is 1. The zero-order chi connectivity index (χ0) is 27.6. The Morgan fingerprint density at radius 1 is 1.18 bits per heavy atom. The Labute approximate surface area is 227 Å². The molecule has 0 aliphatic carbocycles. The number of nitrogens with zero attached hydrogens (tertiary/aromatic N) is 4. The van der Waals surface area contributed by atoms with Crippen LogP contribution >= 0.6 is 0 Å². The van der Waals surface area contributed by atoms with Gasteiger partial charge in [0.15, 0.2) is 0 Å². The number of halogens is 2. The summed E-state index contributed by atoms with van der Waals surface area (Å²) in [5, 5.41) is 20.2. The molecule has 0 radical (unpaired) electrons. The Morgan fingerprint density at radius 3 is 2.74 bits per heavy atom. The Kier molecular flexibility index (Phi) is 10.1. The lowest BCUT2D eigenvalue weighted by atomic mass is 10.1. The molecule has 0 saturated carbocycles. The quantitative estimate of drug-likeness (QED) is 0.247. The molecule has 1 aliphatic heterocycles. The van der Waals surface area contributed by atoms with Crippen molar-refractivity contribution in [3.05, 3.63) is 65.5 Å². The number of aliphatic carboxylic acids is 1. The van der Waals surface area contributed by atoms with Gasteiger partial charge in [0.1, 0.15) is 41.7 Å². The second kappa shape index (κ2) is 13.9. The third-order valence-electron chi connectivity index (χ3n) is 6.80. The second-order valence-corrected chi connectivity index (χ2v) is 9.76. The molecule has 0 bridgehead atoms. The SMILES string of the molecule is Cn1nccc1NC(CCN(CCCCc1ccc2c(n1)NCCC2)CCOc1cc(F)cc(F)c1)C(=O)O. The molecule has 1 atom stereocenters. The van der Waals surface area contributed by atoms with Crippen LogP contribution in [0.5, 0.6) is 5.75 Å². The molecule has 0 spiro atoms. The van der Waals surface area contributed by atoms with Gasteiger partial charge in [-0.15, -0.1) is 0 Å². The van der Waals surface area contributed by atoms with E-state index in [1.807, 2.05) is 0 Å². The van der Waals surface area contributed by atoms with Gasteiger partial charge in [0.25, 0.3) is 0 Å². The highest BCUT2D eigenvalue weighted by atomic mass is 19.1. The number of anilines is 2. The predicted molar refractivity (Wildman–Crippen MR) is 145 cm³/mol. The fourth-order valence-corrected chi connectivity index (χ4v) is 4.65. The fourth-order valence-electron chi connectivity index (χ4n) is 4.65. The van der Waals surface area contributed by atoms with E-state index in [-0.39, 0.29) is 12.4 Å². The highest BCUT2D eigenvalue weighted by Gasteiger charge is 2.20. The van der Waals surface area contributed by atoms with Crippen molar-refractivity contribution in [1.29, 1.82) is 0 Å². The summed E-state index contributed by atoms with van der Waals surface area (Å²) in [5.74, 6) is -0.600. The summed E-state index contributed by atoms with van der Waals surface area (Å²) < 4.78 is 34.2. The lowest BCUT2D eigenvalue weighted by Crippen LogP contribution is -2.37. The lowest BCUT2D eigenvalue weighted by Gasteiger charge is -2.25. The van der Waals surface area contributed by atoms with Crippen LogP contribution in [0, 0.1) is 11.6 Å². The Morgan fingerprint density at radius 2 is 2.00 bits per heavy atom. The van der Waals surface area contributed by atoms with Crippen LogP contribution in [0.1, 0.15) is 36.9 Å². The van der Waals surface area contributed by atoms with Crippen LogP contribution in [-0.2, 0) is 24.7 Å². The number of carboxylic acids is 1.